The Balaban J connectivity index is 1.88. The number of nitriles is 1. The Bertz CT molecular complexity index is 946. The van der Waals surface area contributed by atoms with Gasteiger partial charge in [-0.05, 0) is 36.4 Å². The zero-order chi connectivity index (χ0) is 20.0. The summed E-state index contributed by atoms with van der Waals surface area (Å²) in [4.78, 5) is 36.5. The number of rotatable bonds is 4. The lowest BCUT2D eigenvalue weighted by Gasteiger charge is -2.09. The molecule has 0 aliphatic carbocycles. The molecule has 1 heterocycles. The van der Waals surface area contributed by atoms with Crippen molar-refractivity contribution in [2.75, 3.05) is 6.61 Å². The summed E-state index contributed by atoms with van der Waals surface area (Å²) < 4.78 is 42.5. The van der Waals surface area contributed by atoms with Crippen molar-refractivity contribution in [3.8, 4) is 11.8 Å². The average Bonchev–Trinajstić information content (AvgIpc) is 2.64. The number of H-pyrrole nitrogens is 1. The van der Waals surface area contributed by atoms with Crippen LogP contribution in [0.1, 0.15) is 21.6 Å². The Morgan fingerprint density at radius 3 is 2.33 bits per heavy atom. The first-order valence-corrected chi connectivity index (χ1v) is 7.23. The molecule has 0 saturated heterocycles. The predicted octanol–water partition coefficient (Wildman–Crippen LogP) is 1.11. The van der Waals surface area contributed by atoms with Gasteiger partial charge < -0.3 is 9.72 Å². The van der Waals surface area contributed by atoms with Crippen molar-refractivity contribution >= 4 is 11.8 Å². The van der Waals surface area contributed by atoms with Crippen molar-refractivity contribution in [1.29, 1.82) is 5.26 Å². The van der Waals surface area contributed by atoms with Gasteiger partial charge in [-0.1, -0.05) is 0 Å². The number of ether oxygens (including phenoxy) is 1. The quantitative estimate of drug-likeness (QED) is 0.686. The van der Waals surface area contributed by atoms with Gasteiger partial charge in [-0.15, -0.1) is 0 Å². The Kier molecular flexibility index (Phi) is 5.82. The summed E-state index contributed by atoms with van der Waals surface area (Å²) >= 11 is 0. The summed E-state index contributed by atoms with van der Waals surface area (Å²) in [6, 6.07) is 9.02. The maximum absolute atomic E-state index is 12.5. The molecular weight excluding hydrogens is 369 g/mol. The number of hydrogen-bond donors (Lipinski definition) is 3. The van der Waals surface area contributed by atoms with Gasteiger partial charge in [-0.2, -0.15) is 18.4 Å². The van der Waals surface area contributed by atoms with E-state index in [9.17, 15) is 27.6 Å². The fourth-order valence-corrected chi connectivity index (χ4v) is 1.82. The molecule has 0 saturated carbocycles. The molecule has 3 N–H and O–H groups in total. The fourth-order valence-electron chi connectivity index (χ4n) is 1.82. The number of halogens is 3. The Morgan fingerprint density at radius 1 is 1.11 bits per heavy atom. The van der Waals surface area contributed by atoms with Crippen molar-refractivity contribution < 1.29 is 27.5 Å². The number of aromatic nitrogens is 1. The molecule has 2 rings (SSSR count). The fraction of sp³-hybridized carbons (Fsp3) is 0.125. The van der Waals surface area contributed by atoms with E-state index in [1.165, 1.54) is 29.2 Å². The third-order valence-electron chi connectivity index (χ3n) is 3.13. The van der Waals surface area contributed by atoms with E-state index in [1.54, 1.807) is 0 Å². The first kappa shape index (κ1) is 19.5. The van der Waals surface area contributed by atoms with Gasteiger partial charge in [-0.3, -0.25) is 25.2 Å². The van der Waals surface area contributed by atoms with Crippen LogP contribution in [0.3, 0.4) is 0 Å². The molecular formula is C16H11F3N4O4. The predicted molar refractivity (Wildman–Crippen MR) is 84.3 cm³/mol. The molecule has 0 fully saturated rings. The Hall–Kier alpha value is -3.81. The molecule has 140 valence electrons. The molecule has 0 atom stereocenters. The van der Waals surface area contributed by atoms with E-state index in [-0.39, 0.29) is 0 Å². The molecule has 8 nitrogen and oxygen atoms in total. The van der Waals surface area contributed by atoms with Crippen molar-refractivity contribution in [3.05, 3.63) is 63.6 Å². The number of amides is 2. The third-order valence-corrected chi connectivity index (χ3v) is 3.13. The van der Waals surface area contributed by atoms with Gasteiger partial charge in [0.2, 0.25) is 0 Å². The van der Waals surface area contributed by atoms with Crippen LogP contribution >= 0.6 is 0 Å². The topological polar surface area (TPSA) is 124 Å². The number of carbonyl (C=O) groups excluding carboxylic acids is 2. The Labute approximate surface area is 149 Å². The highest BCUT2D eigenvalue weighted by atomic mass is 19.4. The second kappa shape index (κ2) is 8.05. The van der Waals surface area contributed by atoms with E-state index < -0.39 is 41.4 Å². The molecule has 1 aromatic heterocycles. The number of nitrogens with one attached hydrogen (secondary N) is 3. The van der Waals surface area contributed by atoms with E-state index >= 15 is 0 Å². The van der Waals surface area contributed by atoms with Crippen LogP contribution in [-0.2, 0) is 11.0 Å². The van der Waals surface area contributed by atoms with E-state index in [0.717, 1.165) is 0 Å². The van der Waals surface area contributed by atoms with Crippen molar-refractivity contribution in [2.45, 2.75) is 6.18 Å². The zero-order valence-corrected chi connectivity index (χ0v) is 13.4. The molecule has 2 amide bonds. The molecule has 1 aromatic carbocycles. The highest BCUT2D eigenvalue weighted by Gasteiger charge is 2.32. The molecule has 0 aliphatic rings. The van der Waals surface area contributed by atoms with E-state index in [1.807, 2.05) is 16.9 Å². The molecule has 0 bridgehead atoms. The monoisotopic (exact) mass is 380 g/mol. The summed E-state index contributed by atoms with van der Waals surface area (Å²) in [7, 11) is 0. The summed E-state index contributed by atoms with van der Waals surface area (Å²) in [5.74, 6) is -1.58. The maximum Gasteiger partial charge on any atom is 0.431 e. The highest BCUT2D eigenvalue weighted by Crippen LogP contribution is 2.26. The molecule has 27 heavy (non-hydrogen) atoms. The van der Waals surface area contributed by atoms with Crippen molar-refractivity contribution in [2.24, 2.45) is 0 Å². The van der Waals surface area contributed by atoms with E-state index in [2.05, 4.69) is 0 Å². The number of nitrogens with zero attached hydrogens (tertiary/aromatic N) is 1. The summed E-state index contributed by atoms with van der Waals surface area (Å²) in [6.45, 7) is -0.491. The summed E-state index contributed by atoms with van der Waals surface area (Å²) in [6.07, 6.45) is -4.76. The minimum Gasteiger partial charge on any atom is -0.484 e. The molecule has 0 aliphatic heterocycles. The number of pyridine rings is 1. The second-order valence-corrected chi connectivity index (χ2v) is 5.04. The van der Waals surface area contributed by atoms with Crippen LogP contribution in [0.5, 0.6) is 5.75 Å². The van der Waals surface area contributed by atoms with Crippen LogP contribution in [0, 0.1) is 11.3 Å². The van der Waals surface area contributed by atoms with Crippen molar-refractivity contribution in [1.82, 2.24) is 15.8 Å². The summed E-state index contributed by atoms with van der Waals surface area (Å²) in [5, 5.41) is 8.66. The van der Waals surface area contributed by atoms with Gasteiger partial charge in [-0.25, -0.2) is 0 Å². The van der Waals surface area contributed by atoms with Crippen LogP contribution in [0.15, 0.2) is 41.2 Å². The van der Waals surface area contributed by atoms with Crippen LogP contribution in [0.4, 0.5) is 13.2 Å². The molecule has 0 spiro atoms. The molecule has 2 aromatic rings. The maximum atomic E-state index is 12.5. The number of hydrogen-bond acceptors (Lipinski definition) is 5. The van der Waals surface area contributed by atoms with Crippen LogP contribution in [0.2, 0.25) is 0 Å². The number of hydrazine groups is 1. The second-order valence-electron chi connectivity index (χ2n) is 5.04. The Morgan fingerprint density at radius 2 is 1.78 bits per heavy atom. The standard InChI is InChI=1S/C16H11F3N4O4/c17-16(18,19)12-6-5-11(14(25)21-12)15(26)23-22-13(24)8-27-10-3-1-9(7-20)2-4-10/h1-6H,8H2,(H,21,25)(H,22,24)(H,23,26). The van der Waals surface area contributed by atoms with Crippen LogP contribution in [0.25, 0.3) is 0 Å². The van der Waals surface area contributed by atoms with Gasteiger partial charge in [0.15, 0.2) is 6.61 Å². The smallest absolute Gasteiger partial charge is 0.431 e. The lowest BCUT2D eigenvalue weighted by Crippen LogP contribution is -2.45. The number of benzene rings is 1. The number of alkyl halides is 3. The molecule has 0 unspecified atom stereocenters. The molecule has 11 heteroatoms. The normalized spacial score (nSPS) is 10.6. The first-order valence-electron chi connectivity index (χ1n) is 7.23. The van der Waals surface area contributed by atoms with E-state index in [0.29, 0.717) is 23.4 Å². The van der Waals surface area contributed by atoms with Gasteiger partial charge in [0.25, 0.3) is 17.4 Å². The lowest BCUT2D eigenvalue weighted by atomic mass is 10.2. The largest absolute Gasteiger partial charge is 0.484 e. The van der Waals surface area contributed by atoms with Crippen molar-refractivity contribution in [3.63, 3.8) is 0 Å². The highest BCUT2D eigenvalue weighted by molar-refractivity contribution is 5.95. The minimum absolute atomic E-state index is 0.301. The zero-order valence-electron chi connectivity index (χ0n) is 13.4. The molecule has 0 radical (unpaired) electrons. The minimum atomic E-state index is -4.76. The van der Waals surface area contributed by atoms with Gasteiger partial charge >= 0.3 is 6.18 Å². The lowest BCUT2D eigenvalue weighted by molar-refractivity contribution is -0.141. The number of aromatic amines is 1. The van der Waals surface area contributed by atoms with Crippen LogP contribution < -0.4 is 21.1 Å². The average molecular weight is 380 g/mol. The van der Waals surface area contributed by atoms with Gasteiger partial charge in [0.05, 0.1) is 11.6 Å². The SMILES string of the molecule is N#Cc1ccc(OCC(=O)NNC(=O)c2ccc(C(F)(F)F)[nH]c2=O)cc1. The van der Waals surface area contributed by atoms with Gasteiger partial charge in [0.1, 0.15) is 17.0 Å². The van der Waals surface area contributed by atoms with E-state index in [4.69, 9.17) is 10.00 Å². The number of carbonyl (C=O) groups is 2. The summed E-state index contributed by atoms with van der Waals surface area (Å²) in [5.41, 5.74) is 1.07. The van der Waals surface area contributed by atoms with Crippen LogP contribution in [-0.4, -0.2) is 23.4 Å². The first-order chi connectivity index (χ1) is 12.7. The van der Waals surface area contributed by atoms with Gasteiger partial charge in [0, 0.05) is 0 Å². The third kappa shape index (κ3) is 5.33.